The van der Waals surface area contributed by atoms with Gasteiger partial charge in [-0.3, -0.25) is 9.59 Å². The number of carboxylic acid groups (broad SMARTS) is 1. The van der Waals surface area contributed by atoms with Crippen LogP contribution in [0.5, 0.6) is 0 Å². The molecule has 0 aromatic rings. The second-order valence-electron chi connectivity index (χ2n) is 5.72. The zero-order valence-corrected chi connectivity index (χ0v) is 10.3. The van der Waals surface area contributed by atoms with Crippen LogP contribution in [0.25, 0.3) is 0 Å². The number of carboxylic acids is 1. The highest BCUT2D eigenvalue weighted by Gasteiger charge is 2.30. The maximum absolute atomic E-state index is 11.7. The maximum Gasteiger partial charge on any atom is 0.307 e. The summed E-state index contributed by atoms with van der Waals surface area (Å²) in [6, 6.07) is 0. The van der Waals surface area contributed by atoms with Gasteiger partial charge >= 0.3 is 5.97 Å². The fourth-order valence-electron chi connectivity index (χ4n) is 1.80. The third-order valence-corrected chi connectivity index (χ3v) is 3.00. The van der Waals surface area contributed by atoms with Crippen molar-refractivity contribution in [1.29, 1.82) is 0 Å². The van der Waals surface area contributed by atoms with E-state index in [4.69, 9.17) is 5.11 Å². The molecule has 1 aliphatic heterocycles. The van der Waals surface area contributed by atoms with Crippen LogP contribution in [0.3, 0.4) is 0 Å². The lowest BCUT2D eigenvalue weighted by atomic mass is 9.90. The number of piperidine rings is 1. The van der Waals surface area contributed by atoms with Crippen molar-refractivity contribution < 1.29 is 14.7 Å². The van der Waals surface area contributed by atoms with E-state index in [1.807, 2.05) is 0 Å². The highest BCUT2D eigenvalue weighted by atomic mass is 16.4. The molecule has 1 N–H and O–H groups in total. The minimum Gasteiger partial charge on any atom is -0.481 e. The van der Waals surface area contributed by atoms with Crippen LogP contribution in [0.15, 0.2) is 0 Å². The first-order valence-corrected chi connectivity index (χ1v) is 5.80. The monoisotopic (exact) mass is 227 g/mol. The average molecular weight is 227 g/mol. The largest absolute Gasteiger partial charge is 0.481 e. The van der Waals surface area contributed by atoms with Gasteiger partial charge in [-0.05, 0) is 18.3 Å². The summed E-state index contributed by atoms with van der Waals surface area (Å²) in [4.78, 5) is 24.2. The lowest BCUT2D eigenvalue weighted by Crippen LogP contribution is -2.42. The van der Waals surface area contributed by atoms with Gasteiger partial charge in [0.15, 0.2) is 0 Å². The predicted octanol–water partition coefficient (Wildman–Crippen LogP) is 1.75. The minimum absolute atomic E-state index is 0.0112. The number of hydrogen-bond donors (Lipinski definition) is 1. The Kier molecular flexibility index (Phi) is 3.94. The Bertz CT molecular complexity index is 280. The van der Waals surface area contributed by atoms with Gasteiger partial charge in [-0.2, -0.15) is 0 Å². The van der Waals surface area contributed by atoms with Gasteiger partial charge in [-0.15, -0.1) is 0 Å². The molecule has 0 radical (unpaired) electrons. The molecule has 1 heterocycles. The molecule has 4 heteroatoms. The molecular formula is C12H21NO3. The van der Waals surface area contributed by atoms with Gasteiger partial charge in [0, 0.05) is 19.5 Å². The first kappa shape index (κ1) is 13.0. The fraction of sp³-hybridized carbons (Fsp3) is 0.833. The normalized spacial score (nSPS) is 22.3. The summed E-state index contributed by atoms with van der Waals surface area (Å²) >= 11 is 0. The molecule has 1 rings (SSSR count). The number of rotatable bonds is 3. The number of carbonyl (C=O) groups excluding carboxylic acids is 1. The molecule has 92 valence electrons. The molecule has 4 nitrogen and oxygen atoms in total. The second-order valence-corrected chi connectivity index (χ2v) is 5.72. The molecule has 1 saturated heterocycles. The summed E-state index contributed by atoms with van der Waals surface area (Å²) in [5.41, 5.74) is 0.212. The highest BCUT2D eigenvalue weighted by Crippen LogP contribution is 2.23. The van der Waals surface area contributed by atoms with E-state index in [-0.39, 0.29) is 17.7 Å². The topological polar surface area (TPSA) is 57.6 Å². The van der Waals surface area contributed by atoms with Crippen molar-refractivity contribution in [3.05, 3.63) is 0 Å². The molecule has 0 spiro atoms. The number of hydrogen-bond acceptors (Lipinski definition) is 2. The Labute approximate surface area is 96.6 Å². The van der Waals surface area contributed by atoms with E-state index in [9.17, 15) is 9.59 Å². The number of carbonyl (C=O) groups is 2. The minimum atomic E-state index is -0.844. The van der Waals surface area contributed by atoms with Gasteiger partial charge in [0.2, 0.25) is 5.91 Å². The van der Waals surface area contributed by atoms with E-state index in [1.165, 1.54) is 0 Å². The Hall–Kier alpha value is -1.06. The van der Waals surface area contributed by atoms with Crippen molar-refractivity contribution in [3.63, 3.8) is 0 Å². The van der Waals surface area contributed by atoms with E-state index in [1.54, 1.807) is 4.90 Å². The first-order valence-electron chi connectivity index (χ1n) is 5.80. The summed E-state index contributed by atoms with van der Waals surface area (Å²) in [5.74, 6) is -1.33. The van der Waals surface area contributed by atoms with Crippen LogP contribution in [-0.2, 0) is 9.59 Å². The molecule has 0 aromatic heterocycles. The Morgan fingerprint density at radius 3 is 2.56 bits per heavy atom. The predicted molar refractivity (Wildman–Crippen MR) is 61.0 cm³/mol. The van der Waals surface area contributed by atoms with Crippen LogP contribution in [0.2, 0.25) is 0 Å². The fourth-order valence-corrected chi connectivity index (χ4v) is 1.80. The molecule has 0 aliphatic carbocycles. The van der Waals surface area contributed by atoms with Crippen LogP contribution in [0.1, 0.15) is 40.0 Å². The second kappa shape index (κ2) is 4.85. The van der Waals surface area contributed by atoms with Crippen LogP contribution < -0.4 is 0 Å². The van der Waals surface area contributed by atoms with Crippen LogP contribution >= 0.6 is 0 Å². The van der Waals surface area contributed by atoms with E-state index < -0.39 is 11.9 Å². The molecular weight excluding hydrogens is 206 g/mol. The lowest BCUT2D eigenvalue weighted by Gasteiger charge is -2.32. The van der Waals surface area contributed by atoms with Crippen LogP contribution in [0.4, 0.5) is 0 Å². The number of nitrogens with zero attached hydrogens (tertiary/aromatic N) is 1. The van der Waals surface area contributed by atoms with E-state index in [0.29, 0.717) is 13.0 Å². The molecule has 16 heavy (non-hydrogen) atoms. The Balaban J connectivity index is 2.42. The van der Waals surface area contributed by atoms with Gasteiger partial charge in [0.25, 0.3) is 0 Å². The quantitative estimate of drug-likeness (QED) is 0.799. The summed E-state index contributed by atoms with van der Waals surface area (Å²) in [5, 5.41) is 8.83. The summed E-state index contributed by atoms with van der Waals surface area (Å²) in [6.07, 6.45) is 1.71. The zero-order valence-electron chi connectivity index (χ0n) is 10.3. The van der Waals surface area contributed by atoms with Crippen molar-refractivity contribution >= 4 is 11.9 Å². The molecule has 0 aromatic carbocycles. The first-order chi connectivity index (χ1) is 7.29. The van der Waals surface area contributed by atoms with Crippen molar-refractivity contribution in [3.8, 4) is 0 Å². The Morgan fingerprint density at radius 1 is 1.50 bits per heavy atom. The number of likely N-dealkylation sites (tertiary alicyclic amines) is 1. The van der Waals surface area contributed by atoms with E-state index in [0.717, 1.165) is 13.0 Å². The molecule has 1 fully saturated rings. The van der Waals surface area contributed by atoms with Gasteiger partial charge in [-0.25, -0.2) is 0 Å². The van der Waals surface area contributed by atoms with Crippen LogP contribution in [-0.4, -0.2) is 35.0 Å². The van der Waals surface area contributed by atoms with E-state index >= 15 is 0 Å². The Morgan fingerprint density at radius 2 is 2.12 bits per heavy atom. The maximum atomic E-state index is 11.7. The number of amides is 1. The zero-order chi connectivity index (χ0) is 12.3. The van der Waals surface area contributed by atoms with Crippen LogP contribution in [0, 0.1) is 11.3 Å². The molecule has 1 amide bonds. The average Bonchev–Trinajstić information content (AvgIpc) is 2.14. The van der Waals surface area contributed by atoms with Gasteiger partial charge in [-0.1, -0.05) is 20.8 Å². The highest BCUT2D eigenvalue weighted by molar-refractivity contribution is 5.83. The summed E-state index contributed by atoms with van der Waals surface area (Å²) in [6.45, 7) is 7.75. The number of aliphatic carboxylic acids is 1. The molecule has 0 saturated carbocycles. The van der Waals surface area contributed by atoms with Crippen molar-refractivity contribution in [1.82, 2.24) is 4.90 Å². The SMILES string of the molecule is CC(C)(C)CCN1CCC(C(=O)O)CC1=O. The third kappa shape index (κ3) is 3.83. The molecule has 0 bridgehead atoms. The van der Waals surface area contributed by atoms with Gasteiger partial charge in [0.05, 0.1) is 5.92 Å². The van der Waals surface area contributed by atoms with Gasteiger partial charge in [0.1, 0.15) is 0 Å². The van der Waals surface area contributed by atoms with Crippen molar-refractivity contribution in [2.24, 2.45) is 11.3 Å². The van der Waals surface area contributed by atoms with Crippen molar-refractivity contribution in [2.45, 2.75) is 40.0 Å². The molecule has 1 atom stereocenters. The molecule has 1 aliphatic rings. The summed E-state index contributed by atoms with van der Waals surface area (Å²) < 4.78 is 0. The van der Waals surface area contributed by atoms with Gasteiger partial charge < -0.3 is 10.0 Å². The summed E-state index contributed by atoms with van der Waals surface area (Å²) in [7, 11) is 0. The third-order valence-electron chi connectivity index (χ3n) is 3.00. The molecule has 1 unspecified atom stereocenters. The van der Waals surface area contributed by atoms with E-state index in [2.05, 4.69) is 20.8 Å². The smallest absolute Gasteiger partial charge is 0.307 e. The lowest BCUT2D eigenvalue weighted by molar-refractivity contribution is -0.149. The standard InChI is InChI=1S/C12H21NO3/c1-12(2,3)5-7-13-6-4-9(11(15)16)8-10(13)14/h9H,4-8H2,1-3H3,(H,15,16). The van der Waals surface area contributed by atoms with Crippen molar-refractivity contribution in [2.75, 3.05) is 13.1 Å².